The first kappa shape index (κ1) is 19.0. The minimum Gasteiger partial charge on any atom is -0.325 e. The minimum absolute atomic E-state index is 0.121. The molecule has 5 heteroatoms. The van der Waals surface area contributed by atoms with Gasteiger partial charge in [-0.3, -0.25) is 9.69 Å². The van der Waals surface area contributed by atoms with Gasteiger partial charge in [-0.05, 0) is 54.7 Å². The van der Waals surface area contributed by atoms with Gasteiger partial charge in [0.15, 0.2) is 0 Å². The number of halogens is 1. The Kier molecular flexibility index (Phi) is 5.62. The standard InChI is InChI=1S/C22H25BrN2OS/c1-16-17(15-25-10-12-27-13-11-25)4-2-7-20(16)24-21(26)22(8-9-22)18-5-3-6-19(23)14-18/h2-7,14H,8-13,15H2,1H3,(H,24,26). The molecule has 2 aromatic carbocycles. The maximum Gasteiger partial charge on any atom is 0.235 e. The second-order valence-corrected chi connectivity index (χ2v) is 9.67. The molecule has 4 rings (SSSR count). The van der Waals surface area contributed by atoms with Crippen molar-refractivity contribution in [2.45, 2.75) is 31.7 Å². The highest BCUT2D eigenvalue weighted by Gasteiger charge is 2.51. The molecule has 2 aliphatic rings. The molecule has 1 heterocycles. The predicted octanol–water partition coefficient (Wildman–Crippen LogP) is 4.98. The zero-order valence-electron chi connectivity index (χ0n) is 15.6. The molecule has 0 aromatic heterocycles. The van der Waals surface area contributed by atoms with Gasteiger partial charge in [-0.15, -0.1) is 0 Å². The van der Waals surface area contributed by atoms with E-state index in [1.807, 2.05) is 30.0 Å². The lowest BCUT2D eigenvalue weighted by Crippen LogP contribution is -2.32. The molecule has 0 bridgehead atoms. The van der Waals surface area contributed by atoms with E-state index in [1.165, 1.54) is 22.6 Å². The van der Waals surface area contributed by atoms with E-state index in [2.05, 4.69) is 57.3 Å². The number of carbonyl (C=O) groups excluding carboxylic acids is 1. The predicted molar refractivity (Wildman–Crippen MR) is 117 cm³/mol. The first-order valence-electron chi connectivity index (χ1n) is 9.55. The van der Waals surface area contributed by atoms with Crippen LogP contribution in [0.2, 0.25) is 0 Å². The SMILES string of the molecule is Cc1c(CN2CCSCC2)cccc1NC(=O)C1(c2cccc(Br)c2)CC1. The topological polar surface area (TPSA) is 32.3 Å². The van der Waals surface area contributed by atoms with Crippen LogP contribution in [-0.2, 0) is 16.8 Å². The summed E-state index contributed by atoms with van der Waals surface area (Å²) in [5, 5.41) is 3.23. The fraction of sp³-hybridized carbons (Fsp3) is 0.409. The van der Waals surface area contributed by atoms with Crippen molar-refractivity contribution in [3.8, 4) is 0 Å². The lowest BCUT2D eigenvalue weighted by atomic mass is 9.94. The van der Waals surface area contributed by atoms with Crippen LogP contribution < -0.4 is 5.32 Å². The number of nitrogens with zero attached hydrogens (tertiary/aromatic N) is 1. The van der Waals surface area contributed by atoms with Crippen molar-refractivity contribution in [1.82, 2.24) is 4.90 Å². The molecule has 1 amide bonds. The van der Waals surface area contributed by atoms with E-state index in [9.17, 15) is 4.79 Å². The van der Waals surface area contributed by atoms with E-state index in [1.54, 1.807) is 0 Å². The van der Waals surface area contributed by atoms with Crippen LogP contribution in [0.3, 0.4) is 0 Å². The van der Waals surface area contributed by atoms with Crippen LogP contribution in [0.25, 0.3) is 0 Å². The van der Waals surface area contributed by atoms with E-state index in [4.69, 9.17) is 0 Å². The molecule has 0 radical (unpaired) electrons. The van der Waals surface area contributed by atoms with Gasteiger partial charge in [0, 0.05) is 41.3 Å². The van der Waals surface area contributed by atoms with Gasteiger partial charge in [-0.25, -0.2) is 0 Å². The molecule has 1 saturated heterocycles. The van der Waals surface area contributed by atoms with Gasteiger partial charge in [0.25, 0.3) is 0 Å². The molecule has 0 spiro atoms. The Bertz CT molecular complexity index is 844. The van der Waals surface area contributed by atoms with Crippen molar-refractivity contribution >= 4 is 39.3 Å². The molecule has 0 unspecified atom stereocenters. The van der Waals surface area contributed by atoms with Crippen molar-refractivity contribution in [3.05, 3.63) is 63.6 Å². The van der Waals surface area contributed by atoms with Crippen molar-refractivity contribution < 1.29 is 4.79 Å². The first-order chi connectivity index (χ1) is 13.1. The molecule has 27 heavy (non-hydrogen) atoms. The lowest BCUT2D eigenvalue weighted by molar-refractivity contribution is -0.118. The summed E-state index contributed by atoms with van der Waals surface area (Å²) in [4.78, 5) is 15.6. The van der Waals surface area contributed by atoms with Gasteiger partial charge in [0.2, 0.25) is 5.91 Å². The Morgan fingerprint density at radius 3 is 2.63 bits per heavy atom. The van der Waals surface area contributed by atoms with Gasteiger partial charge < -0.3 is 5.32 Å². The normalized spacial score (nSPS) is 18.9. The van der Waals surface area contributed by atoms with E-state index < -0.39 is 0 Å². The maximum absolute atomic E-state index is 13.1. The van der Waals surface area contributed by atoms with Crippen molar-refractivity contribution in [2.24, 2.45) is 0 Å². The van der Waals surface area contributed by atoms with Crippen molar-refractivity contribution in [1.29, 1.82) is 0 Å². The zero-order chi connectivity index (χ0) is 18.9. The number of nitrogens with one attached hydrogen (secondary N) is 1. The molecule has 2 fully saturated rings. The average Bonchev–Trinajstić information content (AvgIpc) is 3.48. The van der Waals surface area contributed by atoms with E-state index >= 15 is 0 Å². The number of amides is 1. The van der Waals surface area contributed by atoms with Crippen LogP contribution in [0.15, 0.2) is 46.9 Å². The highest BCUT2D eigenvalue weighted by molar-refractivity contribution is 9.10. The van der Waals surface area contributed by atoms with Gasteiger partial charge in [-0.1, -0.05) is 40.2 Å². The Morgan fingerprint density at radius 1 is 1.19 bits per heavy atom. The fourth-order valence-corrected chi connectivity index (χ4v) is 5.17. The molecule has 142 valence electrons. The van der Waals surface area contributed by atoms with Crippen LogP contribution in [0.5, 0.6) is 0 Å². The molecule has 1 aliphatic heterocycles. The van der Waals surface area contributed by atoms with Gasteiger partial charge in [0.1, 0.15) is 0 Å². The third-order valence-corrected chi connectivity index (χ3v) is 7.19. The molecule has 1 aliphatic carbocycles. The van der Waals surface area contributed by atoms with Crippen LogP contribution in [0.1, 0.15) is 29.5 Å². The third kappa shape index (κ3) is 4.10. The Labute approximate surface area is 174 Å². The Hall–Kier alpha value is -1.30. The molecule has 1 N–H and O–H groups in total. The molecular formula is C22H25BrN2OS. The lowest BCUT2D eigenvalue weighted by Gasteiger charge is -2.27. The number of rotatable bonds is 5. The number of benzene rings is 2. The summed E-state index contributed by atoms with van der Waals surface area (Å²) in [7, 11) is 0. The number of hydrogen-bond acceptors (Lipinski definition) is 3. The molecule has 0 atom stereocenters. The number of carbonyl (C=O) groups is 1. The molecule has 1 saturated carbocycles. The number of hydrogen-bond donors (Lipinski definition) is 1. The molecule has 3 nitrogen and oxygen atoms in total. The highest BCUT2D eigenvalue weighted by atomic mass is 79.9. The summed E-state index contributed by atoms with van der Waals surface area (Å²) in [5.74, 6) is 2.55. The van der Waals surface area contributed by atoms with E-state index in [0.717, 1.165) is 48.2 Å². The summed E-state index contributed by atoms with van der Waals surface area (Å²) < 4.78 is 1.02. The quantitative estimate of drug-likeness (QED) is 0.705. The number of anilines is 1. The minimum atomic E-state index is -0.365. The first-order valence-corrected chi connectivity index (χ1v) is 11.5. The van der Waals surface area contributed by atoms with Gasteiger partial charge in [-0.2, -0.15) is 11.8 Å². The number of thioether (sulfide) groups is 1. The van der Waals surface area contributed by atoms with Crippen molar-refractivity contribution in [2.75, 3.05) is 29.9 Å². The van der Waals surface area contributed by atoms with Crippen molar-refractivity contribution in [3.63, 3.8) is 0 Å². The average molecular weight is 445 g/mol. The highest BCUT2D eigenvalue weighted by Crippen LogP contribution is 2.49. The monoisotopic (exact) mass is 444 g/mol. The third-order valence-electron chi connectivity index (χ3n) is 5.75. The van der Waals surface area contributed by atoms with Crippen LogP contribution in [0, 0.1) is 6.92 Å². The fourth-order valence-electron chi connectivity index (χ4n) is 3.79. The van der Waals surface area contributed by atoms with Gasteiger partial charge in [0.05, 0.1) is 5.41 Å². The second kappa shape index (κ2) is 7.98. The second-order valence-electron chi connectivity index (χ2n) is 7.52. The van der Waals surface area contributed by atoms with Crippen LogP contribution >= 0.6 is 27.7 Å². The Morgan fingerprint density at radius 2 is 1.93 bits per heavy atom. The summed E-state index contributed by atoms with van der Waals surface area (Å²) in [6.45, 7) is 5.38. The van der Waals surface area contributed by atoms with E-state index in [0.29, 0.717) is 0 Å². The molecular weight excluding hydrogens is 420 g/mol. The van der Waals surface area contributed by atoms with Crippen LogP contribution in [-0.4, -0.2) is 35.4 Å². The maximum atomic E-state index is 13.1. The zero-order valence-corrected chi connectivity index (χ0v) is 18.0. The summed E-state index contributed by atoms with van der Waals surface area (Å²) >= 11 is 5.56. The Balaban J connectivity index is 1.51. The summed E-state index contributed by atoms with van der Waals surface area (Å²) in [6.07, 6.45) is 1.83. The van der Waals surface area contributed by atoms with Crippen LogP contribution in [0.4, 0.5) is 5.69 Å². The van der Waals surface area contributed by atoms with Gasteiger partial charge >= 0.3 is 0 Å². The summed E-state index contributed by atoms with van der Waals surface area (Å²) in [6, 6.07) is 14.4. The smallest absolute Gasteiger partial charge is 0.235 e. The molecule has 2 aromatic rings. The van der Waals surface area contributed by atoms with E-state index in [-0.39, 0.29) is 11.3 Å². The summed E-state index contributed by atoms with van der Waals surface area (Å²) in [5.41, 5.74) is 4.19. The largest absolute Gasteiger partial charge is 0.325 e.